The summed E-state index contributed by atoms with van der Waals surface area (Å²) in [7, 11) is 0. The van der Waals surface area contributed by atoms with Gasteiger partial charge in [0.1, 0.15) is 0 Å². The summed E-state index contributed by atoms with van der Waals surface area (Å²) in [6, 6.07) is 62.2. The molecule has 2 heterocycles. The van der Waals surface area contributed by atoms with Crippen LogP contribution in [0, 0.1) is 42.7 Å². The van der Waals surface area contributed by atoms with Gasteiger partial charge in [-0.3, -0.25) is 0 Å². The van der Waals surface area contributed by atoms with E-state index < -0.39 is 11.7 Å². The van der Waals surface area contributed by atoms with Crippen molar-refractivity contribution in [1.82, 2.24) is 19.5 Å². The highest BCUT2D eigenvalue weighted by molar-refractivity contribution is 6.13. The summed E-state index contributed by atoms with van der Waals surface area (Å²) < 4.78 is 46.7. The summed E-state index contributed by atoms with van der Waals surface area (Å²) >= 11 is 0. The maximum Gasteiger partial charge on any atom is 0.416 e. The van der Waals surface area contributed by atoms with Crippen LogP contribution in [0.5, 0.6) is 0 Å². The van der Waals surface area contributed by atoms with E-state index in [1.165, 1.54) is 24.3 Å². The molecule has 11 rings (SSSR count). The topological polar surface area (TPSA) is 99.9 Å². The van der Waals surface area contributed by atoms with E-state index in [4.69, 9.17) is 28.1 Å². The Bertz CT molecular complexity index is 3990. The second kappa shape index (κ2) is 18.7. The summed E-state index contributed by atoms with van der Waals surface area (Å²) in [6.45, 7) is 17.6. The van der Waals surface area contributed by atoms with E-state index in [9.17, 15) is 23.7 Å². The van der Waals surface area contributed by atoms with Crippen LogP contribution >= 0.6 is 0 Å². The molecule has 0 unspecified atom stereocenters. The van der Waals surface area contributed by atoms with E-state index in [-0.39, 0.29) is 5.56 Å². The van der Waals surface area contributed by atoms with Crippen molar-refractivity contribution in [3.8, 4) is 96.5 Å². The van der Waals surface area contributed by atoms with Crippen LogP contribution in [0.4, 0.5) is 24.5 Å². The molecule has 0 N–H and O–H groups in total. The fraction of sp³-hybridized carbons (Fsp3) is 0.0317. The second-order valence-corrected chi connectivity index (χ2v) is 17.7. The first-order valence-electron chi connectivity index (χ1n) is 23.2. The molecule has 9 aromatic carbocycles. The first-order chi connectivity index (χ1) is 36.0. The third-order valence-electron chi connectivity index (χ3n) is 12.9. The number of aryl methyl sites for hydroxylation is 1. The van der Waals surface area contributed by atoms with Crippen molar-refractivity contribution in [1.29, 1.82) is 10.5 Å². The van der Waals surface area contributed by atoms with Gasteiger partial charge in [-0.1, -0.05) is 115 Å². The van der Waals surface area contributed by atoms with Gasteiger partial charge in [-0.25, -0.2) is 24.6 Å². The van der Waals surface area contributed by atoms with E-state index in [1.807, 2.05) is 140 Å². The van der Waals surface area contributed by atoms with Crippen LogP contribution < -0.4 is 0 Å². The van der Waals surface area contributed by atoms with Gasteiger partial charge >= 0.3 is 6.18 Å². The van der Waals surface area contributed by atoms with Crippen LogP contribution in [0.15, 0.2) is 194 Å². The number of fused-ring (bicyclic) bond motifs is 3. The Morgan fingerprint density at radius 3 is 1.36 bits per heavy atom. The molecule has 74 heavy (non-hydrogen) atoms. The van der Waals surface area contributed by atoms with Gasteiger partial charge in [0.25, 0.3) is 0 Å². The van der Waals surface area contributed by atoms with Crippen molar-refractivity contribution in [2.45, 2.75) is 13.1 Å². The Balaban J connectivity index is 1.28. The van der Waals surface area contributed by atoms with Gasteiger partial charge in [-0.15, -0.1) is 0 Å². The molecule has 0 spiro atoms. The summed E-state index contributed by atoms with van der Waals surface area (Å²) in [5, 5.41) is 21.4. The molecule has 11 aromatic rings. The highest BCUT2D eigenvalue weighted by Crippen LogP contribution is 2.46. The molecule has 0 bridgehead atoms. The van der Waals surface area contributed by atoms with Crippen LogP contribution in [-0.2, 0) is 6.18 Å². The summed E-state index contributed by atoms with van der Waals surface area (Å²) in [6.07, 6.45) is -4.66. The minimum Gasteiger partial charge on any atom is -0.308 e. The molecular formula is C63H35F3N8. The quantitative estimate of drug-likeness (QED) is 0.141. The van der Waals surface area contributed by atoms with Crippen LogP contribution in [-0.4, -0.2) is 19.5 Å². The SMILES string of the molecule is [C-]#[N+]c1cc(C#N)cc(-c2ccc3c(c2)c2cc(-c4cc(C#N)cc([N+]#[C-])c4)ccc2n3-c2c(-c3cccc(C)c3)cc(-c3nc(-c4ccccc4)nc(-c4ccccc4)n3)cc2-c2cccc(C(F)(F)F)c2)c1. The van der Waals surface area contributed by atoms with Crippen molar-refractivity contribution in [2.24, 2.45) is 0 Å². The molecule has 0 aliphatic carbocycles. The summed E-state index contributed by atoms with van der Waals surface area (Å²) in [4.78, 5) is 22.3. The number of rotatable bonds is 8. The van der Waals surface area contributed by atoms with Gasteiger partial charge in [0.2, 0.25) is 0 Å². The average molecular weight is 961 g/mol. The molecule has 8 nitrogen and oxygen atoms in total. The number of nitriles is 2. The molecule has 2 aromatic heterocycles. The van der Waals surface area contributed by atoms with Crippen LogP contribution in [0.1, 0.15) is 22.3 Å². The fourth-order valence-corrected chi connectivity index (χ4v) is 9.50. The number of alkyl halides is 3. The maximum absolute atomic E-state index is 14.9. The van der Waals surface area contributed by atoms with Crippen molar-refractivity contribution in [3.63, 3.8) is 0 Å². The molecule has 0 fully saturated rings. The molecule has 0 radical (unpaired) electrons. The number of halogens is 3. The normalized spacial score (nSPS) is 11.2. The van der Waals surface area contributed by atoms with E-state index in [0.717, 1.165) is 50.2 Å². The predicted molar refractivity (Wildman–Crippen MR) is 284 cm³/mol. The molecule has 11 heteroatoms. The van der Waals surface area contributed by atoms with Crippen molar-refractivity contribution in [2.75, 3.05) is 0 Å². The number of hydrogen-bond acceptors (Lipinski definition) is 5. The zero-order valence-corrected chi connectivity index (χ0v) is 39.2. The van der Waals surface area contributed by atoms with Gasteiger partial charge in [0, 0.05) is 49.7 Å². The van der Waals surface area contributed by atoms with E-state index >= 15 is 0 Å². The summed E-state index contributed by atoms with van der Waals surface area (Å²) in [5.41, 5.74) is 10.3. The lowest BCUT2D eigenvalue weighted by atomic mass is 9.91. The lowest BCUT2D eigenvalue weighted by Gasteiger charge is -2.22. The zero-order valence-electron chi connectivity index (χ0n) is 39.2. The van der Waals surface area contributed by atoms with Gasteiger partial charge in [0.15, 0.2) is 28.8 Å². The number of nitrogens with zero attached hydrogens (tertiary/aromatic N) is 8. The first-order valence-corrected chi connectivity index (χ1v) is 23.2. The molecule has 0 atom stereocenters. The van der Waals surface area contributed by atoms with E-state index in [1.54, 1.807) is 30.3 Å². The molecule has 348 valence electrons. The molecule has 0 amide bonds. The monoisotopic (exact) mass is 960 g/mol. The number of aromatic nitrogens is 4. The van der Waals surface area contributed by atoms with E-state index in [2.05, 4.69) is 26.4 Å². The standard InChI is InChI=1S/C63H35F3N8/c1-38-12-10-17-45(24-38)53-34-49(62-72-60(41-13-6-4-7-14-41)71-61(73-62)42-15-8-5-9-16-42)35-54(46-18-11-19-50(29-46)63(64,65)66)59(53)74-57-22-20-43(47-25-39(36-67)27-51(30-47)69-2)32-55(57)56-33-44(21-23-58(56)74)48-26-40(37-68)28-52(31-48)70-3/h4-35H,1H3. The highest BCUT2D eigenvalue weighted by atomic mass is 19.4. The van der Waals surface area contributed by atoms with Gasteiger partial charge in [0.05, 0.1) is 47.6 Å². The van der Waals surface area contributed by atoms with Crippen LogP contribution in [0.2, 0.25) is 0 Å². The fourth-order valence-electron chi connectivity index (χ4n) is 9.50. The molecule has 0 saturated heterocycles. The minimum atomic E-state index is -4.66. The van der Waals surface area contributed by atoms with E-state index in [0.29, 0.717) is 84.5 Å². The lowest BCUT2D eigenvalue weighted by molar-refractivity contribution is -0.137. The Morgan fingerprint density at radius 2 is 0.905 bits per heavy atom. The molecule has 0 aliphatic rings. The Morgan fingerprint density at radius 1 is 0.446 bits per heavy atom. The minimum absolute atomic E-state index is 0.287. The van der Waals surface area contributed by atoms with Crippen LogP contribution in [0.25, 0.3) is 116 Å². The largest absolute Gasteiger partial charge is 0.416 e. The average Bonchev–Trinajstić information content (AvgIpc) is 3.77. The first kappa shape index (κ1) is 46.0. The Labute approximate surface area is 423 Å². The molecular weight excluding hydrogens is 926 g/mol. The zero-order chi connectivity index (χ0) is 51.1. The third-order valence-corrected chi connectivity index (χ3v) is 12.9. The third kappa shape index (κ3) is 8.64. The number of hydrogen-bond donors (Lipinski definition) is 0. The Hall–Kier alpha value is -10.5. The smallest absolute Gasteiger partial charge is 0.308 e. The molecule has 0 saturated carbocycles. The lowest BCUT2D eigenvalue weighted by Crippen LogP contribution is -2.06. The predicted octanol–water partition coefficient (Wildman–Crippen LogP) is 16.8. The van der Waals surface area contributed by atoms with Gasteiger partial charge < -0.3 is 4.57 Å². The van der Waals surface area contributed by atoms with Crippen LogP contribution in [0.3, 0.4) is 0 Å². The molecule has 0 aliphatic heterocycles. The maximum atomic E-state index is 14.9. The van der Waals surface area contributed by atoms with Gasteiger partial charge in [-0.2, -0.15) is 23.7 Å². The number of benzene rings is 9. The highest BCUT2D eigenvalue weighted by Gasteiger charge is 2.31. The summed E-state index contributed by atoms with van der Waals surface area (Å²) in [5.74, 6) is 1.13. The van der Waals surface area contributed by atoms with Crippen molar-refractivity contribution < 1.29 is 13.2 Å². The van der Waals surface area contributed by atoms with Gasteiger partial charge in [-0.05, 0) is 125 Å². The van der Waals surface area contributed by atoms with Crippen molar-refractivity contribution >= 4 is 33.2 Å². The second-order valence-electron chi connectivity index (χ2n) is 17.7. The van der Waals surface area contributed by atoms with Crippen molar-refractivity contribution in [3.05, 3.63) is 239 Å². The Kier molecular flexibility index (Phi) is 11.6.